The first kappa shape index (κ1) is 16.8. The minimum Gasteiger partial charge on any atom is -0.496 e. The molecule has 0 bridgehead atoms. The second kappa shape index (κ2) is 7.61. The Morgan fingerprint density at radius 2 is 1.83 bits per heavy atom. The molecule has 0 amide bonds. The van der Waals surface area contributed by atoms with Gasteiger partial charge < -0.3 is 9.47 Å². The summed E-state index contributed by atoms with van der Waals surface area (Å²) in [7, 11) is 3.02. The molecule has 0 aromatic heterocycles. The third-order valence-electron chi connectivity index (χ3n) is 3.21. The zero-order valence-corrected chi connectivity index (χ0v) is 14.3. The molecule has 0 radical (unpaired) electrons. The molecule has 116 valence electrons. The Labute approximate surface area is 143 Å². The second-order valence-corrected chi connectivity index (χ2v) is 5.50. The number of methoxy groups -OCH3 is 2. The van der Waals surface area contributed by atoms with E-state index in [0.29, 0.717) is 22.6 Å². The van der Waals surface area contributed by atoms with Gasteiger partial charge in [0.1, 0.15) is 23.1 Å². The van der Waals surface area contributed by atoms with Gasteiger partial charge >= 0.3 is 0 Å². The standard InChI is InChI=1S/C18H14BrNO3/c1-22-16-8-7-14(19)10-12(16)9-13(11-20)18(21)15-5-3-4-6-17(15)23-2/h3-10H,1-2H3/b13-9+. The van der Waals surface area contributed by atoms with Gasteiger partial charge in [0.15, 0.2) is 0 Å². The molecule has 0 unspecified atom stereocenters. The number of Topliss-reactive ketones (excluding diaryl/α,β-unsaturated/α-hetero) is 1. The summed E-state index contributed by atoms with van der Waals surface area (Å²) in [5.74, 6) is 0.612. The van der Waals surface area contributed by atoms with E-state index in [1.165, 1.54) is 20.3 Å². The van der Waals surface area contributed by atoms with Crippen LogP contribution < -0.4 is 9.47 Å². The molecule has 0 aliphatic carbocycles. The van der Waals surface area contributed by atoms with Crippen LogP contribution in [-0.2, 0) is 0 Å². The zero-order valence-electron chi connectivity index (χ0n) is 12.7. The zero-order chi connectivity index (χ0) is 16.8. The van der Waals surface area contributed by atoms with Crippen molar-refractivity contribution in [2.45, 2.75) is 0 Å². The van der Waals surface area contributed by atoms with Crippen LogP contribution in [0.3, 0.4) is 0 Å². The summed E-state index contributed by atoms with van der Waals surface area (Å²) in [5.41, 5.74) is 0.990. The number of hydrogen-bond acceptors (Lipinski definition) is 4. The largest absolute Gasteiger partial charge is 0.496 e. The maximum Gasteiger partial charge on any atom is 0.207 e. The lowest BCUT2D eigenvalue weighted by atomic mass is 10.0. The van der Waals surface area contributed by atoms with Crippen molar-refractivity contribution in [2.24, 2.45) is 0 Å². The van der Waals surface area contributed by atoms with E-state index in [9.17, 15) is 10.1 Å². The van der Waals surface area contributed by atoms with Crippen LogP contribution in [-0.4, -0.2) is 20.0 Å². The highest BCUT2D eigenvalue weighted by Crippen LogP contribution is 2.27. The SMILES string of the molecule is COc1ccc(Br)cc1/C=C(\C#N)C(=O)c1ccccc1OC. The Morgan fingerprint density at radius 1 is 1.13 bits per heavy atom. The molecule has 0 N–H and O–H groups in total. The van der Waals surface area contributed by atoms with Gasteiger partial charge in [0, 0.05) is 10.0 Å². The summed E-state index contributed by atoms with van der Waals surface area (Å²) in [6.45, 7) is 0. The van der Waals surface area contributed by atoms with Crippen LogP contribution in [0.2, 0.25) is 0 Å². The van der Waals surface area contributed by atoms with Gasteiger partial charge in [-0.2, -0.15) is 5.26 Å². The van der Waals surface area contributed by atoms with Gasteiger partial charge in [-0.05, 0) is 36.4 Å². The molecule has 23 heavy (non-hydrogen) atoms. The number of ether oxygens (including phenoxy) is 2. The average Bonchev–Trinajstić information content (AvgIpc) is 2.59. The first-order valence-electron chi connectivity index (χ1n) is 6.73. The molecule has 0 aliphatic heterocycles. The Balaban J connectivity index is 2.50. The Morgan fingerprint density at radius 3 is 2.48 bits per heavy atom. The number of nitriles is 1. The number of carbonyl (C=O) groups is 1. The predicted molar refractivity (Wildman–Crippen MR) is 91.6 cm³/mol. The number of allylic oxidation sites excluding steroid dienone is 1. The van der Waals surface area contributed by atoms with Gasteiger partial charge in [-0.15, -0.1) is 0 Å². The quantitative estimate of drug-likeness (QED) is 0.447. The van der Waals surface area contributed by atoms with Gasteiger partial charge in [0.2, 0.25) is 5.78 Å². The molecule has 4 nitrogen and oxygen atoms in total. The molecular formula is C18H14BrNO3. The van der Waals surface area contributed by atoms with Crippen LogP contribution in [0, 0.1) is 11.3 Å². The van der Waals surface area contributed by atoms with Gasteiger partial charge in [-0.3, -0.25) is 4.79 Å². The smallest absolute Gasteiger partial charge is 0.207 e. The molecule has 2 rings (SSSR count). The van der Waals surface area contributed by atoms with Crippen LogP contribution >= 0.6 is 15.9 Å². The van der Waals surface area contributed by atoms with E-state index in [-0.39, 0.29) is 5.57 Å². The van der Waals surface area contributed by atoms with Gasteiger partial charge in [-0.1, -0.05) is 28.1 Å². The summed E-state index contributed by atoms with van der Waals surface area (Å²) < 4.78 is 11.3. The molecule has 0 aliphatic rings. The molecule has 2 aromatic carbocycles. The lowest BCUT2D eigenvalue weighted by molar-refractivity contribution is 0.103. The van der Waals surface area contributed by atoms with Crippen molar-refractivity contribution < 1.29 is 14.3 Å². The summed E-state index contributed by atoms with van der Waals surface area (Å²) in [6, 6.07) is 14.1. The Hall–Kier alpha value is -2.58. The molecular weight excluding hydrogens is 358 g/mol. The van der Waals surface area contributed by atoms with Crippen LogP contribution in [0.25, 0.3) is 6.08 Å². The van der Waals surface area contributed by atoms with Gasteiger partial charge in [0.05, 0.1) is 19.8 Å². The number of hydrogen-bond donors (Lipinski definition) is 0. The predicted octanol–water partition coefficient (Wildman–Crippen LogP) is 4.26. The van der Waals surface area contributed by atoms with Crippen molar-refractivity contribution in [3.05, 3.63) is 63.6 Å². The molecule has 0 saturated heterocycles. The molecule has 0 heterocycles. The molecule has 5 heteroatoms. The minimum atomic E-state index is -0.396. The topological polar surface area (TPSA) is 59.3 Å². The maximum absolute atomic E-state index is 12.6. The lowest BCUT2D eigenvalue weighted by Gasteiger charge is -2.08. The lowest BCUT2D eigenvalue weighted by Crippen LogP contribution is -2.04. The van der Waals surface area contributed by atoms with Crippen molar-refractivity contribution in [3.8, 4) is 17.6 Å². The third-order valence-corrected chi connectivity index (χ3v) is 3.70. The van der Waals surface area contributed by atoms with E-state index in [1.807, 2.05) is 12.1 Å². The number of benzene rings is 2. The number of rotatable bonds is 5. The van der Waals surface area contributed by atoms with E-state index >= 15 is 0 Å². The number of para-hydroxylation sites is 1. The molecule has 0 atom stereocenters. The second-order valence-electron chi connectivity index (χ2n) is 4.59. The molecule has 0 spiro atoms. The fourth-order valence-electron chi connectivity index (χ4n) is 2.10. The number of carbonyl (C=O) groups excluding carboxylic acids is 1. The van der Waals surface area contributed by atoms with Crippen molar-refractivity contribution >= 4 is 27.8 Å². The van der Waals surface area contributed by atoms with E-state index in [2.05, 4.69) is 15.9 Å². The van der Waals surface area contributed by atoms with Crippen LogP contribution in [0.15, 0.2) is 52.5 Å². The summed E-state index contributed by atoms with van der Waals surface area (Å²) >= 11 is 3.37. The third kappa shape index (κ3) is 3.79. The molecule has 0 fully saturated rings. The van der Waals surface area contributed by atoms with Crippen molar-refractivity contribution in [1.29, 1.82) is 5.26 Å². The van der Waals surface area contributed by atoms with Crippen LogP contribution in [0.4, 0.5) is 0 Å². The average molecular weight is 372 g/mol. The van der Waals surface area contributed by atoms with E-state index in [0.717, 1.165) is 4.47 Å². The Kier molecular flexibility index (Phi) is 5.56. The highest BCUT2D eigenvalue weighted by Gasteiger charge is 2.17. The number of halogens is 1. The first-order valence-corrected chi connectivity index (χ1v) is 7.53. The first-order chi connectivity index (χ1) is 11.1. The highest BCUT2D eigenvalue weighted by molar-refractivity contribution is 9.10. The van der Waals surface area contributed by atoms with Crippen LogP contribution in [0.1, 0.15) is 15.9 Å². The van der Waals surface area contributed by atoms with E-state index in [4.69, 9.17) is 9.47 Å². The summed E-state index contributed by atoms with van der Waals surface area (Å²) in [6.07, 6.45) is 1.51. The normalized spacial score (nSPS) is 10.8. The van der Waals surface area contributed by atoms with Crippen LogP contribution in [0.5, 0.6) is 11.5 Å². The monoisotopic (exact) mass is 371 g/mol. The van der Waals surface area contributed by atoms with E-state index < -0.39 is 5.78 Å². The number of ketones is 1. The Bertz CT molecular complexity index is 806. The highest BCUT2D eigenvalue weighted by atomic mass is 79.9. The van der Waals surface area contributed by atoms with Gasteiger partial charge in [0.25, 0.3) is 0 Å². The summed E-state index contributed by atoms with van der Waals surface area (Å²) in [5, 5.41) is 9.38. The fourth-order valence-corrected chi connectivity index (χ4v) is 2.48. The minimum absolute atomic E-state index is 0.00546. The van der Waals surface area contributed by atoms with Crippen molar-refractivity contribution in [3.63, 3.8) is 0 Å². The maximum atomic E-state index is 12.6. The molecule has 0 saturated carbocycles. The number of nitrogens with zero attached hydrogens (tertiary/aromatic N) is 1. The van der Waals surface area contributed by atoms with Crippen molar-refractivity contribution in [1.82, 2.24) is 0 Å². The summed E-state index contributed by atoms with van der Waals surface area (Å²) in [4.78, 5) is 12.6. The fraction of sp³-hybridized carbons (Fsp3) is 0.111. The van der Waals surface area contributed by atoms with E-state index in [1.54, 1.807) is 36.4 Å². The van der Waals surface area contributed by atoms with Gasteiger partial charge in [-0.25, -0.2) is 0 Å². The molecule has 2 aromatic rings. The van der Waals surface area contributed by atoms with Crippen molar-refractivity contribution in [2.75, 3.05) is 14.2 Å².